The van der Waals surface area contributed by atoms with E-state index in [-0.39, 0.29) is 5.91 Å². The van der Waals surface area contributed by atoms with Gasteiger partial charge >= 0.3 is 12.1 Å². The molecule has 0 radical (unpaired) electrons. The Balaban J connectivity index is 0.000000616. The van der Waals surface area contributed by atoms with Gasteiger partial charge in [-0.25, -0.2) is 4.79 Å². The summed E-state index contributed by atoms with van der Waals surface area (Å²) < 4.78 is 44.6. The Morgan fingerprint density at radius 2 is 1.83 bits per heavy atom. The highest BCUT2D eigenvalue weighted by Gasteiger charge is 2.38. The number of nitrogens with zero attached hydrogens (tertiary/aromatic N) is 4. The Hall–Kier alpha value is -4.01. The molecule has 0 spiro atoms. The Bertz CT molecular complexity index is 1430. The first-order chi connectivity index (χ1) is 19.9. The van der Waals surface area contributed by atoms with E-state index in [2.05, 4.69) is 15.5 Å². The highest BCUT2D eigenvalue weighted by atomic mass is 35.5. The molecule has 0 saturated heterocycles. The number of carboxylic acids is 1. The molecule has 0 bridgehead atoms. The smallest absolute Gasteiger partial charge is 0.490 e. The number of aliphatic carboxylic acids is 1. The predicted molar refractivity (Wildman–Crippen MR) is 148 cm³/mol. The van der Waals surface area contributed by atoms with E-state index >= 15 is 0 Å². The topological polar surface area (TPSA) is 154 Å². The van der Waals surface area contributed by atoms with Crippen molar-refractivity contribution in [2.45, 2.75) is 26.1 Å². The Morgan fingerprint density at radius 3 is 2.43 bits per heavy atom. The predicted octanol–water partition coefficient (Wildman–Crippen LogP) is 3.49. The van der Waals surface area contributed by atoms with Crippen molar-refractivity contribution in [3.8, 4) is 11.4 Å². The molecule has 1 aliphatic heterocycles. The lowest BCUT2D eigenvalue weighted by atomic mass is 9.98. The van der Waals surface area contributed by atoms with Crippen LogP contribution < -0.4 is 15.8 Å². The average Bonchev–Trinajstić information content (AvgIpc) is 3.26. The van der Waals surface area contributed by atoms with Gasteiger partial charge in [0.2, 0.25) is 5.91 Å². The van der Waals surface area contributed by atoms with Gasteiger partial charge in [-0.3, -0.25) is 14.4 Å². The van der Waals surface area contributed by atoms with E-state index < -0.39 is 24.1 Å². The average molecular weight is 611 g/mol. The maximum Gasteiger partial charge on any atom is 0.490 e. The minimum absolute atomic E-state index is 0.152. The maximum absolute atomic E-state index is 13.1. The maximum atomic E-state index is 13.1. The van der Waals surface area contributed by atoms with Crippen LogP contribution in [0.2, 0.25) is 5.02 Å². The van der Waals surface area contributed by atoms with Crippen LogP contribution >= 0.6 is 11.6 Å². The molecule has 42 heavy (non-hydrogen) atoms. The van der Waals surface area contributed by atoms with Crippen LogP contribution in [0.1, 0.15) is 35.7 Å². The minimum atomic E-state index is -5.08. The van der Waals surface area contributed by atoms with Crippen LogP contribution in [0, 0.1) is 12.8 Å². The third-order valence-corrected chi connectivity index (χ3v) is 6.39. The summed E-state index contributed by atoms with van der Waals surface area (Å²) in [6.45, 7) is 5.39. The summed E-state index contributed by atoms with van der Waals surface area (Å²) in [5, 5.41) is 19.4. The van der Waals surface area contributed by atoms with E-state index in [1.165, 1.54) is 0 Å². The monoisotopic (exact) mass is 610 g/mol. The largest absolute Gasteiger partial charge is 0.497 e. The minimum Gasteiger partial charge on any atom is -0.497 e. The van der Waals surface area contributed by atoms with Gasteiger partial charge in [0.25, 0.3) is 0 Å². The van der Waals surface area contributed by atoms with E-state index in [1.54, 1.807) is 7.11 Å². The number of aromatic nitrogens is 3. The van der Waals surface area contributed by atoms with Crippen molar-refractivity contribution >= 4 is 29.2 Å². The van der Waals surface area contributed by atoms with Gasteiger partial charge in [0.1, 0.15) is 17.6 Å². The molecule has 0 aliphatic carbocycles. The summed E-state index contributed by atoms with van der Waals surface area (Å²) in [6.07, 6.45) is -5.08. The first-order valence-electron chi connectivity index (χ1n) is 12.7. The molecule has 0 unspecified atom stereocenters. The number of carbonyl (C=O) groups is 2. The number of aliphatic imine (C=N–C) groups is 1. The van der Waals surface area contributed by atoms with Crippen LogP contribution in [0.4, 0.5) is 13.2 Å². The molecule has 4 rings (SSSR count). The summed E-state index contributed by atoms with van der Waals surface area (Å²) in [4.78, 5) is 27.1. The molecule has 226 valence electrons. The Kier molecular flexibility index (Phi) is 11.0. The van der Waals surface area contributed by atoms with Gasteiger partial charge in [-0.2, -0.15) is 13.2 Å². The summed E-state index contributed by atoms with van der Waals surface area (Å²) in [5.41, 5.74) is 8.74. The van der Waals surface area contributed by atoms with E-state index in [0.717, 1.165) is 22.5 Å². The molecule has 11 nitrogen and oxygen atoms in total. The molecule has 0 saturated carbocycles. The SMILES string of the molecule is COc1ccc2c(c1)C(c1ccc(Cl)cc1)=N[C@@H]([C@@H](C)C(=O)NCCOCCN)c1nnc(C)n1-2.O=C(O)C(F)(F)F. The molecule has 15 heteroatoms. The number of ether oxygens (including phenoxy) is 2. The molecule has 1 aliphatic rings. The number of hydrogen-bond acceptors (Lipinski definition) is 8. The molecule has 1 amide bonds. The number of benzene rings is 2. The van der Waals surface area contributed by atoms with Gasteiger partial charge < -0.3 is 25.6 Å². The molecular formula is C27H30ClF3N6O5. The molecular weight excluding hydrogens is 581 g/mol. The summed E-state index contributed by atoms with van der Waals surface area (Å²) in [7, 11) is 1.62. The van der Waals surface area contributed by atoms with Crippen LogP contribution in [0.3, 0.4) is 0 Å². The van der Waals surface area contributed by atoms with Gasteiger partial charge in [-0.05, 0) is 37.3 Å². The number of rotatable bonds is 9. The number of fused-ring (bicyclic) bond motifs is 3. The standard InChI is InChI=1S/C25H29ClN6O3.C2HF3O2/c1-15(25(33)28-11-13-35-12-10-27)22-24-31-30-16(2)32(24)21-9-8-19(34-3)14-20(21)23(29-22)17-4-6-18(26)7-5-17;3-2(4,5)1(6)7/h4-9,14-15,22H,10-13,27H2,1-3H3,(H,28,33);(H,6,7)/t15-,22+;/m1./s1. The number of amides is 1. The zero-order valence-electron chi connectivity index (χ0n) is 23.0. The molecule has 4 N–H and O–H groups in total. The number of nitrogens with one attached hydrogen (secondary N) is 1. The lowest BCUT2D eigenvalue weighted by molar-refractivity contribution is -0.192. The fourth-order valence-corrected chi connectivity index (χ4v) is 4.20. The van der Waals surface area contributed by atoms with E-state index in [0.29, 0.717) is 48.7 Å². The van der Waals surface area contributed by atoms with E-state index in [4.69, 9.17) is 41.7 Å². The van der Waals surface area contributed by atoms with Crippen LogP contribution in [0.5, 0.6) is 5.75 Å². The quantitative estimate of drug-likeness (QED) is 0.311. The fourth-order valence-electron chi connectivity index (χ4n) is 4.07. The van der Waals surface area contributed by atoms with Crippen LogP contribution in [0.15, 0.2) is 47.5 Å². The van der Waals surface area contributed by atoms with Crippen LogP contribution in [0.25, 0.3) is 5.69 Å². The highest BCUT2D eigenvalue weighted by molar-refractivity contribution is 6.30. The normalized spacial score (nSPS) is 14.8. The van der Waals surface area contributed by atoms with Crippen molar-refractivity contribution in [1.82, 2.24) is 20.1 Å². The summed E-state index contributed by atoms with van der Waals surface area (Å²) >= 11 is 6.16. The second-order valence-electron chi connectivity index (χ2n) is 9.04. The highest BCUT2D eigenvalue weighted by Crippen LogP contribution is 2.36. The van der Waals surface area contributed by atoms with Gasteiger partial charge in [-0.1, -0.05) is 30.7 Å². The lowest BCUT2D eigenvalue weighted by Crippen LogP contribution is -2.35. The Morgan fingerprint density at radius 1 is 1.17 bits per heavy atom. The molecule has 1 aromatic heterocycles. The van der Waals surface area contributed by atoms with Gasteiger partial charge in [0.15, 0.2) is 5.82 Å². The zero-order valence-corrected chi connectivity index (χ0v) is 23.7. The number of carbonyl (C=O) groups excluding carboxylic acids is 1. The van der Waals surface area contributed by atoms with Gasteiger partial charge in [-0.15, -0.1) is 10.2 Å². The van der Waals surface area contributed by atoms with Crippen LogP contribution in [-0.2, 0) is 14.3 Å². The Labute approximate surface area is 244 Å². The van der Waals surface area contributed by atoms with Crippen molar-refractivity contribution in [3.63, 3.8) is 0 Å². The third-order valence-electron chi connectivity index (χ3n) is 6.14. The number of carboxylic acid groups (broad SMARTS) is 1. The van der Waals surface area contributed by atoms with Crippen molar-refractivity contribution in [2.75, 3.05) is 33.4 Å². The van der Waals surface area contributed by atoms with Crippen LogP contribution in [-0.4, -0.2) is 77.0 Å². The number of nitrogens with two attached hydrogens (primary N) is 1. The molecule has 2 atom stereocenters. The van der Waals surface area contributed by atoms with Crippen molar-refractivity contribution in [3.05, 3.63) is 70.3 Å². The molecule has 2 aromatic carbocycles. The third kappa shape index (κ3) is 7.84. The lowest BCUT2D eigenvalue weighted by Gasteiger charge is -2.19. The number of hydrogen-bond donors (Lipinski definition) is 3. The fraction of sp³-hybridized carbons (Fsp3) is 0.370. The molecule has 0 fully saturated rings. The molecule has 2 heterocycles. The van der Waals surface area contributed by atoms with Crippen molar-refractivity contribution in [2.24, 2.45) is 16.6 Å². The first kappa shape index (κ1) is 32.5. The first-order valence-corrected chi connectivity index (χ1v) is 13.1. The van der Waals surface area contributed by atoms with Gasteiger partial charge in [0.05, 0.1) is 37.6 Å². The van der Waals surface area contributed by atoms with Gasteiger partial charge in [0, 0.05) is 29.2 Å². The van der Waals surface area contributed by atoms with E-state index in [9.17, 15) is 18.0 Å². The number of halogens is 4. The van der Waals surface area contributed by atoms with E-state index in [1.807, 2.05) is 60.9 Å². The second kappa shape index (κ2) is 14.2. The second-order valence-corrected chi connectivity index (χ2v) is 9.47. The number of alkyl halides is 3. The van der Waals surface area contributed by atoms with Crippen molar-refractivity contribution in [1.29, 1.82) is 0 Å². The number of aryl methyl sites for hydroxylation is 1. The zero-order chi connectivity index (χ0) is 31.0. The van der Waals surface area contributed by atoms with Crippen molar-refractivity contribution < 1.29 is 37.3 Å². The number of methoxy groups -OCH3 is 1. The summed E-state index contributed by atoms with van der Waals surface area (Å²) in [5.74, 6) is -1.44. The summed E-state index contributed by atoms with van der Waals surface area (Å²) in [6, 6.07) is 12.7. The molecule has 3 aromatic rings.